The normalized spacial score (nSPS) is 12.4. The number of nitrogens with two attached hydrogens (primary N) is 1. The van der Waals surface area contributed by atoms with E-state index < -0.39 is 0 Å². The van der Waals surface area contributed by atoms with Gasteiger partial charge in [-0.15, -0.1) is 0 Å². The molecule has 0 radical (unpaired) electrons. The maximum Gasteiger partial charge on any atom is 0.0622 e. The number of aryl methyl sites for hydroxylation is 1. The Hall–Kier alpha value is -0.900. The SMILES string of the molecule is Cc1cc(Br)cc(C(N)Cc2ccncc2Cl)c1. The summed E-state index contributed by atoms with van der Waals surface area (Å²) in [6, 6.07) is 8.06. The van der Waals surface area contributed by atoms with Crippen molar-refractivity contribution in [2.24, 2.45) is 5.73 Å². The van der Waals surface area contributed by atoms with Gasteiger partial charge in [0, 0.05) is 22.9 Å². The van der Waals surface area contributed by atoms with E-state index in [0.29, 0.717) is 11.4 Å². The predicted octanol–water partition coefficient (Wildman–Crippen LogP) is 4.05. The van der Waals surface area contributed by atoms with Crippen LogP contribution in [0, 0.1) is 6.92 Å². The van der Waals surface area contributed by atoms with Crippen molar-refractivity contribution < 1.29 is 0 Å². The maximum absolute atomic E-state index is 6.23. The molecule has 2 nitrogen and oxygen atoms in total. The van der Waals surface area contributed by atoms with Crippen LogP contribution in [-0.4, -0.2) is 4.98 Å². The molecule has 4 heteroatoms. The Bertz CT molecular complexity index is 537. The summed E-state index contributed by atoms with van der Waals surface area (Å²) in [7, 11) is 0. The van der Waals surface area contributed by atoms with Crippen molar-refractivity contribution in [1.82, 2.24) is 4.98 Å². The van der Waals surface area contributed by atoms with Gasteiger partial charge in [-0.1, -0.05) is 33.6 Å². The molecule has 0 spiro atoms. The lowest BCUT2D eigenvalue weighted by Crippen LogP contribution is -2.13. The zero-order valence-electron chi connectivity index (χ0n) is 10.0. The molecule has 2 N–H and O–H groups in total. The van der Waals surface area contributed by atoms with Crippen molar-refractivity contribution in [3.8, 4) is 0 Å². The lowest BCUT2D eigenvalue weighted by Gasteiger charge is -2.14. The smallest absolute Gasteiger partial charge is 0.0622 e. The predicted molar refractivity (Wildman–Crippen MR) is 78.8 cm³/mol. The van der Waals surface area contributed by atoms with E-state index in [4.69, 9.17) is 17.3 Å². The summed E-state index contributed by atoms with van der Waals surface area (Å²) >= 11 is 9.58. The number of nitrogens with zero attached hydrogens (tertiary/aromatic N) is 1. The molecule has 94 valence electrons. The van der Waals surface area contributed by atoms with E-state index in [2.05, 4.69) is 40.0 Å². The van der Waals surface area contributed by atoms with Crippen LogP contribution < -0.4 is 5.73 Å². The number of halogens is 2. The van der Waals surface area contributed by atoms with Crippen LogP contribution in [0.3, 0.4) is 0 Å². The molecule has 18 heavy (non-hydrogen) atoms. The average Bonchev–Trinajstić information content (AvgIpc) is 2.31. The van der Waals surface area contributed by atoms with E-state index in [1.165, 1.54) is 5.56 Å². The standard InChI is InChI=1S/C14H14BrClN2/c1-9-4-11(6-12(15)5-9)14(17)7-10-2-3-18-8-13(10)16/h2-6,8,14H,7,17H2,1H3. The largest absolute Gasteiger partial charge is 0.324 e. The van der Waals surface area contributed by atoms with Gasteiger partial charge in [0.2, 0.25) is 0 Å². The lowest BCUT2D eigenvalue weighted by molar-refractivity contribution is 0.720. The van der Waals surface area contributed by atoms with E-state index in [1.54, 1.807) is 12.4 Å². The van der Waals surface area contributed by atoms with Gasteiger partial charge in [0.1, 0.15) is 0 Å². The number of hydrogen-bond acceptors (Lipinski definition) is 2. The van der Waals surface area contributed by atoms with Crippen molar-refractivity contribution in [2.45, 2.75) is 19.4 Å². The summed E-state index contributed by atoms with van der Waals surface area (Å²) in [6.07, 6.45) is 4.09. The van der Waals surface area contributed by atoms with Crippen LogP contribution in [-0.2, 0) is 6.42 Å². The number of benzene rings is 1. The minimum atomic E-state index is -0.0684. The molecule has 0 bridgehead atoms. The Balaban J connectivity index is 2.22. The highest BCUT2D eigenvalue weighted by Gasteiger charge is 2.10. The number of pyridine rings is 1. The zero-order chi connectivity index (χ0) is 13.1. The van der Waals surface area contributed by atoms with Crippen LogP contribution in [0.25, 0.3) is 0 Å². The van der Waals surface area contributed by atoms with Crippen LogP contribution >= 0.6 is 27.5 Å². The highest BCUT2D eigenvalue weighted by molar-refractivity contribution is 9.10. The molecule has 0 aliphatic carbocycles. The first kappa shape index (κ1) is 13.5. The van der Waals surface area contributed by atoms with Gasteiger partial charge in [-0.3, -0.25) is 4.98 Å². The van der Waals surface area contributed by atoms with Gasteiger partial charge < -0.3 is 5.73 Å². The van der Waals surface area contributed by atoms with E-state index in [9.17, 15) is 0 Å². The Kier molecular flexibility index (Phi) is 4.38. The molecular weight excluding hydrogens is 312 g/mol. The van der Waals surface area contributed by atoms with Crippen molar-refractivity contribution in [1.29, 1.82) is 0 Å². The second-order valence-corrected chi connectivity index (χ2v) is 5.66. The monoisotopic (exact) mass is 324 g/mol. The number of aromatic nitrogens is 1. The molecule has 1 atom stereocenters. The quantitative estimate of drug-likeness (QED) is 0.924. The molecule has 0 saturated carbocycles. The molecule has 2 aromatic rings. The third kappa shape index (κ3) is 3.31. The van der Waals surface area contributed by atoms with E-state index in [1.807, 2.05) is 12.1 Å². The molecule has 0 fully saturated rings. The summed E-state index contributed by atoms with van der Waals surface area (Å²) in [6.45, 7) is 2.06. The molecule has 0 aliphatic rings. The van der Waals surface area contributed by atoms with Gasteiger partial charge in [0.05, 0.1) is 5.02 Å². The summed E-state index contributed by atoms with van der Waals surface area (Å²) in [5.41, 5.74) is 9.56. The second kappa shape index (κ2) is 5.83. The molecule has 1 aromatic heterocycles. The van der Waals surface area contributed by atoms with Crippen molar-refractivity contribution in [3.63, 3.8) is 0 Å². The maximum atomic E-state index is 6.23. The molecule has 0 amide bonds. The molecule has 1 heterocycles. The van der Waals surface area contributed by atoms with Crippen molar-refractivity contribution in [2.75, 3.05) is 0 Å². The van der Waals surface area contributed by atoms with Gasteiger partial charge in [-0.2, -0.15) is 0 Å². The summed E-state index contributed by atoms with van der Waals surface area (Å²) in [5.74, 6) is 0. The van der Waals surface area contributed by atoms with Gasteiger partial charge >= 0.3 is 0 Å². The molecule has 1 unspecified atom stereocenters. The minimum Gasteiger partial charge on any atom is -0.324 e. The van der Waals surface area contributed by atoms with Gasteiger partial charge in [0.25, 0.3) is 0 Å². The zero-order valence-corrected chi connectivity index (χ0v) is 12.4. The summed E-state index contributed by atoms with van der Waals surface area (Å²) < 4.78 is 1.05. The van der Waals surface area contributed by atoms with Crippen LogP contribution in [0.15, 0.2) is 41.1 Å². The molecular formula is C14H14BrClN2. The van der Waals surface area contributed by atoms with Crippen LogP contribution in [0.1, 0.15) is 22.7 Å². The molecule has 0 aliphatic heterocycles. The Labute approximate surface area is 120 Å². The van der Waals surface area contributed by atoms with Gasteiger partial charge in [-0.25, -0.2) is 0 Å². The highest BCUT2D eigenvalue weighted by Crippen LogP contribution is 2.24. The molecule has 0 saturated heterocycles. The summed E-state index contributed by atoms with van der Waals surface area (Å²) in [5, 5.41) is 0.666. The second-order valence-electron chi connectivity index (χ2n) is 4.34. The Morgan fingerprint density at radius 1 is 1.39 bits per heavy atom. The van der Waals surface area contributed by atoms with Gasteiger partial charge in [-0.05, 0) is 48.2 Å². The van der Waals surface area contributed by atoms with Crippen LogP contribution in [0.4, 0.5) is 0 Å². The first-order valence-electron chi connectivity index (χ1n) is 5.67. The van der Waals surface area contributed by atoms with E-state index >= 15 is 0 Å². The first-order valence-corrected chi connectivity index (χ1v) is 6.84. The van der Waals surface area contributed by atoms with Crippen LogP contribution in [0.2, 0.25) is 5.02 Å². The minimum absolute atomic E-state index is 0.0684. The summed E-state index contributed by atoms with van der Waals surface area (Å²) in [4.78, 5) is 3.97. The Morgan fingerprint density at radius 3 is 2.83 bits per heavy atom. The first-order chi connectivity index (χ1) is 8.56. The van der Waals surface area contributed by atoms with E-state index in [0.717, 1.165) is 15.6 Å². The van der Waals surface area contributed by atoms with E-state index in [-0.39, 0.29) is 6.04 Å². The van der Waals surface area contributed by atoms with Crippen LogP contribution in [0.5, 0.6) is 0 Å². The fourth-order valence-corrected chi connectivity index (χ4v) is 2.72. The van der Waals surface area contributed by atoms with Gasteiger partial charge in [0.15, 0.2) is 0 Å². The lowest BCUT2D eigenvalue weighted by atomic mass is 9.99. The molecule has 1 aromatic carbocycles. The average molecular weight is 326 g/mol. The Morgan fingerprint density at radius 2 is 2.17 bits per heavy atom. The van der Waals surface area contributed by atoms with Crippen molar-refractivity contribution in [3.05, 3.63) is 62.8 Å². The highest BCUT2D eigenvalue weighted by atomic mass is 79.9. The fourth-order valence-electron chi connectivity index (χ4n) is 1.90. The number of hydrogen-bond donors (Lipinski definition) is 1. The number of rotatable bonds is 3. The van der Waals surface area contributed by atoms with Crippen molar-refractivity contribution >= 4 is 27.5 Å². The third-order valence-electron chi connectivity index (χ3n) is 2.79. The fraction of sp³-hybridized carbons (Fsp3) is 0.214. The topological polar surface area (TPSA) is 38.9 Å². The third-order valence-corrected chi connectivity index (χ3v) is 3.59. The molecule has 2 rings (SSSR count).